The molecule has 2 aromatic carbocycles. The molecule has 0 atom stereocenters. The van der Waals surface area contributed by atoms with Crippen LogP contribution in [0.1, 0.15) is 15.9 Å². The zero-order valence-corrected chi connectivity index (χ0v) is 10.1. The lowest BCUT2D eigenvalue weighted by molar-refractivity contribution is 0.103. The fraction of sp³-hybridized carbons (Fsp3) is 0.0625. The number of fused-ring (bicyclic) bond motifs is 2. The van der Waals surface area contributed by atoms with Crippen LogP contribution in [0.4, 0.5) is 5.69 Å². The predicted molar refractivity (Wildman–Crippen MR) is 72.2 cm³/mol. The van der Waals surface area contributed by atoms with Gasteiger partial charge in [0.15, 0.2) is 0 Å². The van der Waals surface area contributed by atoms with Gasteiger partial charge in [-0.3, -0.25) is 4.79 Å². The maximum atomic E-state index is 12.3. The van der Waals surface area contributed by atoms with Gasteiger partial charge >= 0.3 is 0 Å². The standard InChI is InChI=1S/C16H11NO2/c18-16-11-6-2-3-7-12(11)17-15(16)14-9-10-5-1-4-8-13(10)19-14/h1-8,17H,9H2. The van der Waals surface area contributed by atoms with Gasteiger partial charge < -0.3 is 10.1 Å². The summed E-state index contributed by atoms with van der Waals surface area (Å²) in [4.78, 5) is 12.3. The number of ether oxygens (including phenoxy) is 1. The molecule has 0 aliphatic carbocycles. The van der Waals surface area contributed by atoms with E-state index in [9.17, 15) is 4.79 Å². The van der Waals surface area contributed by atoms with Crippen LogP contribution >= 0.6 is 0 Å². The third-order valence-electron chi connectivity index (χ3n) is 3.49. The molecule has 2 heterocycles. The number of anilines is 1. The highest BCUT2D eigenvalue weighted by atomic mass is 16.5. The van der Waals surface area contributed by atoms with Crippen molar-refractivity contribution in [3.8, 4) is 5.75 Å². The van der Waals surface area contributed by atoms with E-state index in [2.05, 4.69) is 5.32 Å². The van der Waals surface area contributed by atoms with Crippen molar-refractivity contribution in [3.05, 3.63) is 71.1 Å². The minimum absolute atomic E-state index is 0.0124. The summed E-state index contributed by atoms with van der Waals surface area (Å²) in [5, 5.41) is 3.17. The highest BCUT2D eigenvalue weighted by Crippen LogP contribution is 2.36. The van der Waals surface area contributed by atoms with Gasteiger partial charge in [-0.1, -0.05) is 30.3 Å². The number of carbonyl (C=O) groups excluding carboxylic acids is 1. The van der Waals surface area contributed by atoms with Crippen molar-refractivity contribution in [2.24, 2.45) is 0 Å². The van der Waals surface area contributed by atoms with Crippen LogP contribution in [0.15, 0.2) is 60.0 Å². The molecule has 0 spiro atoms. The van der Waals surface area contributed by atoms with E-state index >= 15 is 0 Å². The van der Waals surface area contributed by atoms with Crippen LogP contribution < -0.4 is 10.1 Å². The quantitative estimate of drug-likeness (QED) is 0.729. The number of carbonyl (C=O) groups is 1. The Labute approximate surface area is 110 Å². The van der Waals surface area contributed by atoms with Crippen molar-refractivity contribution < 1.29 is 9.53 Å². The molecule has 0 saturated heterocycles. The SMILES string of the molecule is O=C1C(=C2Cc3ccccc3O2)Nc2ccccc21. The minimum atomic E-state index is 0.0124. The molecule has 0 unspecified atom stereocenters. The molecule has 0 fully saturated rings. The van der Waals surface area contributed by atoms with Crippen LogP contribution in [0.2, 0.25) is 0 Å². The van der Waals surface area contributed by atoms with Gasteiger partial charge in [0.2, 0.25) is 5.78 Å². The molecule has 2 aliphatic rings. The summed E-state index contributed by atoms with van der Waals surface area (Å²) in [6.07, 6.45) is 0.665. The Kier molecular flexibility index (Phi) is 2.03. The molecule has 1 N–H and O–H groups in total. The van der Waals surface area contributed by atoms with Crippen molar-refractivity contribution in [3.63, 3.8) is 0 Å². The first kappa shape index (κ1) is 10.4. The molecule has 3 heteroatoms. The third-order valence-corrected chi connectivity index (χ3v) is 3.49. The van der Waals surface area contributed by atoms with Gasteiger partial charge in [0, 0.05) is 23.2 Å². The summed E-state index contributed by atoms with van der Waals surface area (Å²) < 4.78 is 5.79. The Morgan fingerprint density at radius 2 is 1.79 bits per heavy atom. The highest BCUT2D eigenvalue weighted by molar-refractivity contribution is 6.18. The maximum absolute atomic E-state index is 12.3. The normalized spacial score (nSPS) is 19.7. The molecule has 2 aromatic rings. The van der Waals surface area contributed by atoms with Gasteiger partial charge in [-0.25, -0.2) is 0 Å². The number of nitrogens with one attached hydrogen (secondary N) is 1. The number of allylic oxidation sites excluding steroid dienone is 2. The van der Waals surface area contributed by atoms with E-state index in [4.69, 9.17) is 4.74 Å². The lowest BCUT2D eigenvalue weighted by Gasteiger charge is -2.03. The van der Waals surface area contributed by atoms with Crippen molar-refractivity contribution in [2.75, 3.05) is 5.32 Å². The van der Waals surface area contributed by atoms with Crippen LogP contribution in [0.5, 0.6) is 5.75 Å². The Morgan fingerprint density at radius 3 is 2.63 bits per heavy atom. The van der Waals surface area contributed by atoms with Crippen molar-refractivity contribution in [2.45, 2.75) is 6.42 Å². The van der Waals surface area contributed by atoms with Crippen LogP contribution in [0.25, 0.3) is 0 Å². The van der Waals surface area contributed by atoms with Crippen molar-refractivity contribution in [1.29, 1.82) is 0 Å². The smallest absolute Gasteiger partial charge is 0.214 e. The van der Waals surface area contributed by atoms with E-state index in [1.807, 2.05) is 48.5 Å². The Morgan fingerprint density at radius 1 is 1.00 bits per heavy atom. The molecule has 0 bridgehead atoms. The van der Waals surface area contributed by atoms with E-state index < -0.39 is 0 Å². The molecular formula is C16H11NO2. The van der Waals surface area contributed by atoms with Crippen molar-refractivity contribution >= 4 is 11.5 Å². The van der Waals surface area contributed by atoms with Gasteiger partial charge in [0.1, 0.15) is 17.2 Å². The average Bonchev–Trinajstić information content (AvgIpc) is 3.00. The van der Waals surface area contributed by atoms with E-state index in [0.717, 1.165) is 17.0 Å². The van der Waals surface area contributed by atoms with Crippen LogP contribution in [0, 0.1) is 0 Å². The summed E-state index contributed by atoms with van der Waals surface area (Å²) in [6.45, 7) is 0. The zero-order chi connectivity index (χ0) is 12.8. The first-order chi connectivity index (χ1) is 9.33. The van der Waals surface area contributed by atoms with Crippen LogP contribution in [-0.4, -0.2) is 5.78 Å². The highest BCUT2D eigenvalue weighted by Gasteiger charge is 2.30. The summed E-state index contributed by atoms with van der Waals surface area (Å²) in [5.41, 5.74) is 3.26. The third kappa shape index (κ3) is 1.48. The Hall–Kier alpha value is -2.55. The fourth-order valence-electron chi connectivity index (χ4n) is 2.54. The number of hydrogen-bond acceptors (Lipinski definition) is 3. The Bertz CT molecular complexity index is 704. The molecule has 4 rings (SSSR count). The summed E-state index contributed by atoms with van der Waals surface area (Å²) in [7, 11) is 0. The summed E-state index contributed by atoms with van der Waals surface area (Å²) in [5.74, 6) is 1.57. The fourth-order valence-corrected chi connectivity index (χ4v) is 2.54. The molecule has 3 nitrogen and oxygen atoms in total. The van der Waals surface area contributed by atoms with Gasteiger partial charge in [-0.2, -0.15) is 0 Å². The molecule has 0 saturated carbocycles. The van der Waals surface area contributed by atoms with E-state index in [1.54, 1.807) is 0 Å². The summed E-state index contributed by atoms with van der Waals surface area (Å²) >= 11 is 0. The zero-order valence-electron chi connectivity index (χ0n) is 10.1. The van der Waals surface area contributed by atoms with Crippen LogP contribution in [0.3, 0.4) is 0 Å². The maximum Gasteiger partial charge on any atom is 0.214 e. The van der Waals surface area contributed by atoms with E-state index in [1.165, 1.54) is 0 Å². The topological polar surface area (TPSA) is 38.3 Å². The van der Waals surface area contributed by atoms with Gasteiger partial charge in [0.25, 0.3) is 0 Å². The van der Waals surface area contributed by atoms with Gasteiger partial charge in [-0.15, -0.1) is 0 Å². The Balaban J connectivity index is 1.77. The molecular weight excluding hydrogens is 238 g/mol. The average molecular weight is 249 g/mol. The number of para-hydroxylation sites is 2. The largest absolute Gasteiger partial charge is 0.459 e. The molecule has 2 aliphatic heterocycles. The number of rotatable bonds is 0. The second-order valence-corrected chi connectivity index (χ2v) is 4.68. The first-order valence-electron chi connectivity index (χ1n) is 6.22. The van der Waals surface area contributed by atoms with Gasteiger partial charge in [0.05, 0.1) is 0 Å². The monoisotopic (exact) mass is 249 g/mol. The second kappa shape index (κ2) is 3.72. The lowest BCUT2D eigenvalue weighted by atomic mass is 10.1. The predicted octanol–water partition coefficient (Wildman–Crippen LogP) is 3.14. The molecule has 0 amide bonds. The van der Waals surface area contributed by atoms with Crippen molar-refractivity contribution in [1.82, 2.24) is 0 Å². The second-order valence-electron chi connectivity index (χ2n) is 4.68. The molecule has 92 valence electrons. The first-order valence-corrected chi connectivity index (χ1v) is 6.22. The minimum Gasteiger partial charge on any atom is -0.459 e. The number of benzene rings is 2. The van der Waals surface area contributed by atoms with Gasteiger partial charge in [-0.05, 0) is 18.2 Å². The molecule has 0 radical (unpaired) electrons. The number of Topliss-reactive ketones (excluding diaryl/α,β-unsaturated/α-hetero) is 1. The lowest BCUT2D eigenvalue weighted by Crippen LogP contribution is -2.07. The summed E-state index contributed by atoms with van der Waals surface area (Å²) in [6, 6.07) is 15.4. The molecule has 0 aromatic heterocycles. The van der Waals surface area contributed by atoms with Crippen LogP contribution in [-0.2, 0) is 6.42 Å². The van der Waals surface area contributed by atoms with E-state index in [-0.39, 0.29) is 5.78 Å². The van der Waals surface area contributed by atoms with E-state index in [0.29, 0.717) is 23.4 Å². The number of ketones is 1. The number of hydrogen-bond donors (Lipinski definition) is 1. The molecule has 19 heavy (non-hydrogen) atoms.